The number of nitrogens with zero attached hydrogens (tertiary/aromatic N) is 3. The van der Waals surface area contributed by atoms with Crippen LogP contribution >= 0.6 is 11.8 Å². The monoisotopic (exact) mass is 349 g/mol. The summed E-state index contributed by atoms with van der Waals surface area (Å²) in [7, 11) is 0. The SMILES string of the molecule is C=CCn1c(SC(C)C(=O)NC(=O)NCC)nnc1-c1ccco1. The second-order valence-electron chi connectivity index (χ2n) is 4.79. The first-order valence-electron chi connectivity index (χ1n) is 7.40. The summed E-state index contributed by atoms with van der Waals surface area (Å²) in [6.45, 7) is 8.11. The molecule has 0 fully saturated rings. The average molecular weight is 349 g/mol. The van der Waals surface area contributed by atoms with Gasteiger partial charge in [-0.05, 0) is 26.0 Å². The lowest BCUT2D eigenvalue weighted by molar-refractivity contribution is -0.119. The highest BCUT2D eigenvalue weighted by Gasteiger charge is 2.22. The van der Waals surface area contributed by atoms with Gasteiger partial charge in [-0.1, -0.05) is 17.8 Å². The standard InChI is InChI=1S/C15H19N5O3S/c1-4-8-20-12(11-7-6-9-23-11)18-19-15(20)24-10(3)13(21)17-14(22)16-5-2/h4,6-7,9-10H,1,5,8H2,2-3H3,(H2,16,17,21,22). The highest BCUT2D eigenvalue weighted by Crippen LogP contribution is 2.27. The van der Waals surface area contributed by atoms with E-state index in [2.05, 4.69) is 27.4 Å². The molecule has 1 unspecified atom stereocenters. The largest absolute Gasteiger partial charge is 0.461 e. The van der Waals surface area contributed by atoms with E-state index in [0.29, 0.717) is 29.8 Å². The van der Waals surface area contributed by atoms with Crippen LogP contribution in [0.1, 0.15) is 13.8 Å². The number of furan rings is 1. The summed E-state index contributed by atoms with van der Waals surface area (Å²) in [5, 5.41) is 13.0. The fourth-order valence-corrected chi connectivity index (χ4v) is 2.75. The van der Waals surface area contributed by atoms with E-state index < -0.39 is 17.2 Å². The molecule has 3 amide bonds. The molecule has 128 valence electrons. The number of hydrogen-bond donors (Lipinski definition) is 2. The van der Waals surface area contributed by atoms with Crippen molar-refractivity contribution in [3.05, 3.63) is 31.1 Å². The summed E-state index contributed by atoms with van der Waals surface area (Å²) in [6.07, 6.45) is 3.26. The first kappa shape index (κ1) is 17.8. The molecule has 24 heavy (non-hydrogen) atoms. The van der Waals surface area contributed by atoms with Gasteiger partial charge in [0.05, 0.1) is 11.5 Å². The van der Waals surface area contributed by atoms with Crippen molar-refractivity contribution in [2.24, 2.45) is 0 Å². The third-order valence-corrected chi connectivity index (χ3v) is 4.08. The molecule has 2 heterocycles. The van der Waals surface area contributed by atoms with Crippen LogP contribution in [-0.2, 0) is 11.3 Å². The Kier molecular flexibility index (Phi) is 6.19. The van der Waals surface area contributed by atoms with Gasteiger partial charge in [0, 0.05) is 13.1 Å². The molecule has 2 aromatic heterocycles. The van der Waals surface area contributed by atoms with Crippen molar-refractivity contribution in [2.45, 2.75) is 30.8 Å². The number of carbonyl (C=O) groups excluding carboxylic acids is 2. The van der Waals surface area contributed by atoms with Gasteiger partial charge in [-0.25, -0.2) is 4.79 Å². The minimum absolute atomic E-state index is 0.404. The maximum absolute atomic E-state index is 12.0. The molecular formula is C15H19N5O3S. The van der Waals surface area contributed by atoms with Gasteiger partial charge in [-0.15, -0.1) is 16.8 Å². The fourth-order valence-electron chi connectivity index (χ4n) is 1.89. The molecule has 0 aromatic carbocycles. The summed E-state index contributed by atoms with van der Waals surface area (Å²) in [5.41, 5.74) is 0. The van der Waals surface area contributed by atoms with Crippen molar-refractivity contribution >= 4 is 23.7 Å². The topological polar surface area (TPSA) is 102 Å². The molecule has 0 aliphatic heterocycles. The predicted octanol–water partition coefficient (Wildman–Crippen LogP) is 2.05. The zero-order valence-corrected chi connectivity index (χ0v) is 14.3. The van der Waals surface area contributed by atoms with Crippen molar-refractivity contribution < 1.29 is 14.0 Å². The van der Waals surface area contributed by atoms with Crippen LogP contribution in [0, 0.1) is 0 Å². The van der Waals surface area contributed by atoms with E-state index in [-0.39, 0.29) is 0 Å². The van der Waals surface area contributed by atoms with Crippen molar-refractivity contribution in [1.82, 2.24) is 25.4 Å². The molecule has 0 aliphatic rings. The predicted molar refractivity (Wildman–Crippen MR) is 90.5 cm³/mol. The van der Waals surface area contributed by atoms with E-state index in [9.17, 15) is 9.59 Å². The highest BCUT2D eigenvalue weighted by atomic mass is 32.2. The van der Waals surface area contributed by atoms with Crippen LogP contribution < -0.4 is 10.6 Å². The fraction of sp³-hybridized carbons (Fsp3) is 0.333. The van der Waals surface area contributed by atoms with Gasteiger partial charge in [0.25, 0.3) is 0 Å². The van der Waals surface area contributed by atoms with E-state index in [1.807, 2.05) is 0 Å². The lowest BCUT2D eigenvalue weighted by Gasteiger charge is -2.12. The number of imide groups is 1. The number of rotatable bonds is 7. The van der Waals surface area contributed by atoms with Gasteiger partial charge in [0.1, 0.15) is 0 Å². The Hall–Kier alpha value is -2.55. The smallest absolute Gasteiger partial charge is 0.321 e. The average Bonchev–Trinajstić information content (AvgIpc) is 3.18. The Morgan fingerprint density at radius 2 is 2.29 bits per heavy atom. The number of urea groups is 1. The van der Waals surface area contributed by atoms with Crippen LogP contribution in [0.3, 0.4) is 0 Å². The van der Waals surface area contributed by atoms with Crippen molar-refractivity contribution in [2.75, 3.05) is 6.54 Å². The zero-order valence-electron chi connectivity index (χ0n) is 13.5. The number of amides is 3. The van der Waals surface area contributed by atoms with Gasteiger partial charge >= 0.3 is 6.03 Å². The number of thioether (sulfide) groups is 1. The van der Waals surface area contributed by atoms with Crippen molar-refractivity contribution in [3.8, 4) is 11.6 Å². The van der Waals surface area contributed by atoms with E-state index >= 15 is 0 Å². The molecule has 0 saturated carbocycles. The molecule has 2 rings (SSSR count). The molecule has 0 radical (unpaired) electrons. The number of allylic oxidation sites excluding steroid dienone is 1. The van der Waals surface area contributed by atoms with Crippen LogP contribution in [0.15, 0.2) is 40.6 Å². The van der Waals surface area contributed by atoms with Crippen LogP contribution in [0.5, 0.6) is 0 Å². The third kappa shape index (κ3) is 4.25. The summed E-state index contributed by atoms with van der Waals surface area (Å²) < 4.78 is 7.15. The Labute approximate surface area is 143 Å². The summed E-state index contributed by atoms with van der Waals surface area (Å²) in [4.78, 5) is 23.5. The zero-order chi connectivity index (χ0) is 17.5. The van der Waals surface area contributed by atoms with Crippen molar-refractivity contribution in [1.29, 1.82) is 0 Å². The number of carbonyl (C=O) groups is 2. The van der Waals surface area contributed by atoms with Crippen LogP contribution in [0.4, 0.5) is 4.79 Å². The first-order valence-corrected chi connectivity index (χ1v) is 8.28. The quantitative estimate of drug-likeness (QED) is 0.586. The molecule has 0 spiro atoms. The summed E-state index contributed by atoms with van der Waals surface area (Å²) in [6, 6.07) is 3.03. The second kappa shape index (κ2) is 8.34. The molecule has 0 saturated heterocycles. The molecule has 8 nitrogen and oxygen atoms in total. The van der Waals surface area contributed by atoms with Crippen LogP contribution in [0.25, 0.3) is 11.6 Å². The molecule has 1 atom stereocenters. The number of hydrogen-bond acceptors (Lipinski definition) is 6. The van der Waals surface area contributed by atoms with E-state index in [1.54, 1.807) is 42.9 Å². The summed E-state index contributed by atoms with van der Waals surface area (Å²) >= 11 is 1.20. The summed E-state index contributed by atoms with van der Waals surface area (Å²) in [5.74, 6) is 0.730. The number of aromatic nitrogens is 3. The maximum Gasteiger partial charge on any atom is 0.321 e. The Balaban J connectivity index is 2.13. The molecular weight excluding hydrogens is 330 g/mol. The Morgan fingerprint density at radius 3 is 2.92 bits per heavy atom. The minimum atomic E-state index is -0.523. The second-order valence-corrected chi connectivity index (χ2v) is 6.10. The van der Waals surface area contributed by atoms with Gasteiger partial charge in [-0.3, -0.25) is 14.7 Å². The number of nitrogens with one attached hydrogen (secondary N) is 2. The molecule has 2 aromatic rings. The molecule has 0 aliphatic carbocycles. The van der Waals surface area contributed by atoms with Gasteiger partial charge in [0.15, 0.2) is 10.9 Å². The van der Waals surface area contributed by atoms with Gasteiger partial charge in [0.2, 0.25) is 11.7 Å². The van der Waals surface area contributed by atoms with E-state index in [1.165, 1.54) is 11.8 Å². The van der Waals surface area contributed by atoms with E-state index in [0.717, 1.165) is 0 Å². The van der Waals surface area contributed by atoms with Gasteiger partial charge < -0.3 is 9.73 Å². The Morgan fingerprint density at radius 1 is 1.50 bits per heavy atom. The van der Waals surface area contributed by atoms with Crippen LogP contribution in [-0.4, -0.2) is 38.5 Å². The van der Waals surface area contributed by atoms with Gasteiger partial charge in [-0.2, -0.15) is 0 Å². The Bertz CT molecular complexity index is 711. The molecule has 9 heteroatoms. The normalized spacial score (nSPS) is 11.8. The molecule has 2 N–H and O–H groups in total. The maximum atomic E-state index is 12.0. The van der Waals surface area contributed by atoms with Crippen LogP contribution in [0.2, 0.25) is 0 Å². The minimum Gasteiger partial charge on any atom is -0.461 e. The lowest BCUT2D eigenvalue weighted by atomic mass is 10.4. The third-order valence-electron chi connectivity index (χ3n) is 3.00. The van der Waals surface area contributed by atoms with Crippen molar-refractivity contribution in [3.63, 3.8) is 0 Å². The highest BCUT2D eigenvalue weighted by molar-refractivity contribution is 8.00. The van der Waals surface area contributed by atoms with E-state index in [4.69, 9.17) is 4.42 Å². The lowest BCUT2D eigenvalue weighted by Crippen LogP contribution is -2.42. The first-order chi connectivity index (χ1) is 11.6. The molecule has 0 bridgehead atoms.